The lowest BCUT2D eigenvalue weighted by Crippen LogP contribution is -2.19. The molecule has 22 heavy (non-hydrogen) atoms. The van der Waals surface area contributed by atoms with Crippen molar-refractivity contribution in [1.29, 1.82) is 0 Å². The minimum atomic E-state index is -0.190. The van der Waals surface area contributed by atoms with Gasteiger partial charge in [0.1, 0.15) is 0 Å². The van der Waals surface area contributed by atoms with Gasteiger partial charge in [0.15, 0.2) is 0 Å². The molecule has 0 aromatic heterocycles. The van der Waals surface area contributed by atoms with Gasteiger partial charge in [0, 0.05) is 10.5 Å². The number of amides is 1. The number of carbonyl (C=O) groups excluding carboxylic acids is 1. The molecular formula is C16H14Cl2N2OS. The van der Waals surface area contributed by atoms with E-state index in [2.05, 4.69) is 10.5 Å². The maximum absolute atomic E-state index is 11.7. The van der Waals surface area contributed by atoms with Crippen LogP contribution in [0.5, 0.6) is 0 Å². The van der Waals surface area contributed by atoms with Gasteiger partial charge in [-0.3, -0.25) is 4.79 Å². The predicted octanol–water partition coefficient (Wildman–Crippen LogP) is 4.54. The summed E-state index contributed by atoms with van der Waals surface area (Å²) in [7, 11) is 0. The highest BCUT2D eigenvalue weighted by Crippen LogP contribution is 2.22. The van der Waals surface area contributed by atoms with Gasteiger partial charge in [-0.15, -0.1) is 11.8 Å². The Morgan fingerprint density at radius 2 is 1.82 bits per heavy atom. The number of rotatable bonds is 5. The molecule has 1 amide bonds. The van der Waals surface area contributed by atoms with Crippen LogP contribution in [0.1, 0.15) is 11.1 Å². The summed E-state index contributed by atoms with van der Waals surface area (Å²) in [6, 6.07) is 13.2. The molecule has 2 aromatic carbocycles. The van der Waals surface area contributed by atoms with E-state index in [9.17, 15) is 4.79 Å². The molecule has 0 bridgehead atoms. The van der Waals surface area contributed by atoms with Gasteiger partial charge in [0.2, 0.25) is 5.91 Å². The standard InChI is InChI=1S/C16H14Cl2N2OS/c1-11-5-7-12(8-6-11)22-10-16(21)20-19-9-13-14(17)3-2-4-15(13)18/h2-9H,10H2,1H3,(H,20,21)/b19-9-. The number of carbonyl (C=O) groups is 1. The largest absolute Gasteiger partial charge is 0.272 e. The fourth-order valence-corrected chi connectivity index (χ4v) is 2.80. The highest BCUT2D eigenvalue weighted by atomic mass is 35.5. The fourth-order valence-electron chi connectivity index (χ4n) is 1.62. The van der Waals surface area contributed by atoms with E-state index in [1.807, 2.05) is 31.2 Å². The number of hydrazone groups is 1. The van der Waals surface area contributed by atoms with E-state index in [1.165, 1.54) is 23.5 Å². The summed E-state index contributed by atoms with van der Waals surface area (Å²) >= 11 is 13.5. The monoisotopic (exact) mass is 352 g/mol. The van der Waals surface area contributed by atoms with Crippen LogP contribution in [0.15, 0.2) is 52.5 Å². The summed E-state index contributed by atoms with van der Waals surface area (Å²) in [4.78, 5) is 12.8. The normalized spacial score (nSPS) is 10.9. The number of nitrogens with one attached hydrogen (secondary N) is 1. The zero-order valence-corrected chi connectivity index (χ0v) is 14.2. The number of halogens is 2. The molecule has 0 radical (unpaired) electrons. The molecule has 6 heteroatoms. The summed E-state index contributed by atoms with van der Waals surface area (Å²) < 4.78 is 0. The average Bonchev–Trinajstić information content (AvgIpc) is 2.50. The molecule has 2 aromatic rings. The highest BCUT2D eigenvalue weighted by molar-refractivity contribution is 8.00. The van der Waals surface area contributed by atoms with E-state index in [1.54, 1.807) is 18.2 Å². The van der Waals surface area contributed by atoms with Gasteiger partial charge in [0.05, 0.1) is 22.0 Å². The molecule has 114 valence electrons. The van der Waals surface area contributed by atoms with Crippen LogP contribution in [0, 0.1) is 6.92 Å². The van der Waals surface area contributed by atoms with Crippen molar-refractivity contribution in [2.45, 2.75) is 11.8 Å². The van der Waals surface area contributed by atoms with Crippen molar-refractivity contribution >= 4 is 47.1 Å². The lowest BCUT2D eigenvalue weighted by Gasteiger charge is -2.02. The number of benzene rings is 2. The molecule has 2 rings (SSSR count). The van der Waals surface area contributed by atoms with Crippen LogP contribution < -0.4 is 5.43 Å². The van der Waals surface area contributed by atoms with Crippen LogP contribution in [-0.2, 0) is 4.79 Å². The van der Waals surface area contributed by atoms with Crippen LogP contribution in [0.3, 0.4) is 0 Å². The summed E-state index contributed by atoms with van der Waals surface area (Å²) in [6.07, 6.45) is 1.44. The van der Waals surface area contributed by atoms with Crippen molar-refractivity contribution in [3.8, 4) is 0 Å². The second-order valence-electron chi connectivity index (χ2n) is 4.53. The number of hydrogen-bond donors (Lipinski definition) is 1. The minimum absolute atomic E-state index is 0.190. The number of thioether (sulfide) groups is 1. The molecular weight excluding hydrogens is 339 g/mol. The Hall–Kier alpha value is -1.49. The second-order valence-corrected chi connectivity index (χ2v) is 6.39. The van der Waals surface area contributed by atoms with Gasteiger partial charge in [-0.25, -0.2) is 5.43 Å². The molecule has 0 fully saturated rings. The maximum atomic E-state index is 11.7. The van der Waals surface area contributed by atoms with Crippen LogP contribution >= 0.6 is 35.0 Å². The third kappa shape index (κ3) is 5.05. The molecule has 0 aliphatic heterocycles. The fraction of sp³-hybridized carbons (Fsp3) is 0.125. The third-order valence-corrected chi connectivity index (χ3v) is 4.44. The first-order valence-corrected chi connectivity index (χ1v) is 8.26. The molecule has 3 nitrogen and oxygen atoms in total. The van der Waals surface area contributed by atoms with Gasteiger partial charge in [-0.1, -0.05) is 47.0 Å². The maximum Gasteiger partial charge on any atom is 0.250 e. The summed E-state index contributed by atoms with van der Waals surface area (Å²) in [6.45, 7) is 2.02. The zero-order valence-electron chi connectivity index (χ0n) is 11.8. The van der Waals surface area contributed by atoms with Gasteiger partial charge < -0.3 is 0 Å². The van der Waals surface area contributed by atoms with E-state index in [0.717, 1.165) is 4.90 Å². The third-order valence-electron chi connectivity index (χ3n) is 2.77. The SMILES string of the molecule is Cc1ccc(SCC(=O)N/N=C\c2c(Cl)cccc2Cl)cc1. The molecule has 0 saturated carbocycles. The summed E-state index contributed by atoms with van der Waals surface area (Å²) in [5.74, 6) is 0.0985. The van der Waals surface area contributed by atoms with Crippen molar-refractivity contribution in [3.63, 3.8) is 0 Å². The molecule has 1 N–H and O–H groups in total. The van der Waals surface area contributed by atoms with Crippen LogP contribution in [0.4, 0.5) is 0 Å². The van der Waals surface area contributed by atoms with Crippen molar-refractivity contribution in [2.24, 2.45) is 5.10 Å². The van der Waals surface area contributed by atoms with E-state index < -0.39 is 0 Å². The number of aryl methyl sites for hydroxylation is 1. The van der Waals surface area contributed by atoms with Crippen molar-refractivity contribution in [3.05, 3.63) is 63.6 Å². The number of hydrogen-bond acceptors (Lipinski definition) is 3. The molecule has 0 unspecified atom stereocenters. The predicted molar refractivity (Wildman–Crippen MR) is 94.1 cm³/mol. The van der Waals surface area contributed by atoms with Crippen molar-refractivity contribution in [1.82, 2.24) is 5.43 Å². The zero-order chi connectivity index (χ0) is 15.9. The molecule has 0 atom stereocenters. The summed E-state index contributed by atoms with van der Waals surface area (Å²) in [5.41, 5.74) is 4.23. The Morgan fingerprint density at radius 1 is 1.18 bits per heavy atom. The lowest BCUT2D eigenvalue weighted by molar-refractivity contribution is -0.118. The Labute approximate surface area is 143 Å². The Balaban J connectivity index is 1.85. The smallest absolute Gasteiger partial charge is 0.250 e. The van der Waals surface area contributed by atoms with Gasteiger partial charge >= 0.3 is 0 Å². The quantitative estimate of drug-likeness (QED) is 0.487. The van der Waals surface area contributed by atoms with Crippen LogP contribution in [-0.4, -0.2) is 17.9 Å². The first kappa shape index (κ1) is 16.9. The molecule has 0 aliphatic rings. The van der Waals surface area contributed by atoms with Gasteiger partial charge in [0.25, 0.3) is 0 Å². The molecule has 0 heterocycles. The second kappa shape index (κ2) is 8.22. The molecule has 0 saturated heterocycles. The van der Waals surface area contributed by atoms with Crippen molar-refractivity contribution in [2.75, 3.05) is 5.75 Å². The topological polar surface area (TPSA) is 41.5 Å². The lowest BCUT2D eigenvalue weighted by atomic mass is 10.2. The number of nitrogens with zero attached hydrogens (tertiary/aromatic N) is 1. The highest BCUT2D eigenvalue weighted by Gasteiger charge is 2.04. The minimum Gasteiger partial charge on any atom is -0.272 e. The molecule has 0 aliphatic carbocycles. The van der Waals surface area contributed by atoms with Crippen LogP contribution in [0.25, 0.3) is 0 Å². The van der Waals surface area contributed by atoms with E-state index in [4.69, 9.17) is 23.2 Å². The Bertz CT molecular complexity index is 667. The Kier molecular flexibility index (Phi) is 6.31. The average molecular weight is 353 g/mol. The van der Waals surface area contributed by atoms with Crippen LogP contribution in [0.2, 0.25) is 10.0 Å². The Morgan fingerprint density at radius 3 is 2.45 bits per heavy atom. The first-order valence-electron chi connectivity index (χ1n) is 6.51. The van der Waals surface area contributed by atoms with E-state index in [-0.39, 0.29) is 11.7 Å². The van der Waals surface area contributed by atoms with Gasteiger partial charge in [-0.05, 0) is 31.2 Å². The van der Waals surface area contributed by atoms with Crippen molar-refractivity contribution < 1.29 is 4.79 Å². The summed E-state index contributed by atoms with van der Waals surface area (Å²) in [5, 5.41) is 4.85. The van der Waals surface area contributed by atoms with E-state index >= 15 is 0 Å². The van der Waals surface area contributed by atoms with Gasteiger partial charge in [-0.2, -0.15) is 5.10 Å². The first-order chi connectivity index (χ1) is 10.6. The van der Waals surface area contributed by atoms with E-state index in [0.29, 0.717) is 15.6 Å². The molecule has 0 spiro atoms.